The molecule has 1 aliphatic rings. The number of benzene rings is 2. The molecule has 7 nitrogen and oxygen atoms in total. The molecule has 0 radical (unpaired) electrons. The number of carbonyl (C=O) groups excluding carboxylic acids is 1. The van der Waals surface area contributed by atoms with Gasteiger partial charge in [-0.3, -0.25) is 4.79 Å². The normalized spacial score (nSPS) is 15.1. The molecule has 0 unspecified atom stereocenters. The Morgan fingerprint density at radius 1 is 1.14 bits per heavy atom. The summed E-state index contributed by atoms with van der Waals surface area (Å²) in [6.45, 7) is 1.85. The molecule has 1 fully saturated rings. The third kappa shape index (κ3) is 6.27. The number of anilines is 1. The molecular formula is C20H23BrN2O5S. The number of hydrogen-bond acceptors (Lipinski definition) is 5. The summed E-state index contributed by atoms with van der Waals surface area (Å²) >= 11 is 3.38. The zero-order chi connectivity index (χ0) is 20.7. The summed E-state index contributed by atoms with van der Waals surface area (Å²) in [7, 11) is -3.60. The summed E-state index contributed by atoms with van der Waals surface area (Å²) in [6, 6.07) is 13.8. The van der Waals surface area contributed by atoms with Crippen molar-refractivity contribution in [3.63, 3.8) is 0 Å². The van der Waals surface area contributed by atoms with Crippen LogP contribution in [0.5, 0.6) is 5.75 Å². The predicted molar refractivity (Wildman–Crippen MR) is 114 cm³/mol. The standard InChI is InChI=1S/C20H23BrN2O5S/c21-16-4-1-6-18(14-16)28-11-3-8-20(24)22-17-5-2-7-19(15-17)29(25,26)23-9-12-27-13-10-23/h1-2,4-7,14-15H,3,8-13H2,(H,22,24). The molecule has 0 bridgehead atoms. The van der Waals surface area contributed by atoms with E-state index in [2.05, 4.69) is 21.2 Å². The zero-order valence-electron chi connectivity index (χ0n) is 15.8. The minimum Gasteiger partial charge on any atom is -0.494 e. The van der Waals surface area contributed by atoms with Gasteiger partial charge < -0.3 is 14.8 Å². The van der Waals surface area contributed by atoms with E-state index in [0.717, 1.165) is 10.2 Å². The van der Waals surface area contributed by atoms with Crippen LogP contribution in [0, 0.1) is 0 Å². The van der Waals surface area contributed by atoms with Crippen molar-refractivity contribution in [2.45, 2.75) is 17.7 Å². The fourth-order valence-corrected chi connectivity index (χ4v) is 4.71. The number of halogens is 1. The van der Waals surface area contributed by atoms with E-state index in [1.807, 2.05) is 24.3 Å². The number of morpholine rings is 1. The lowest BCUT2D eigenvalue weighted by molar-refractivity contribution is -0.116. The molecule has 1 saturated heterocycles. The van der Waals surface area contributed by atoms with E-state index >= 15 is 0 Å². The number of amides is 1. The van der Waals surface area contributed by atoms with Gasteiger partial charge in [0.2, 0.25) is 15.9 Å². The largest absolute Gasteiger partial charge is 0.494 e. The maximum absolute atomic E-state index is 12.7. The summed E-state index contributed by atoms with van der Waals surface area (Å²) in [6.07, 6.45) is 0.818. The summed E-state index contributed by atoms with van der Waals surface area (Å²) in [5.74, 6) is 0.546. The molecule has 0 spiro atoms. The second-order valence-corrected chi connectivity index (χ2v) is 9.36. The first-order chi connectivity index (χ1) is 13.9. The van der Waals surface area contributed by atoms with Crippen LogP contribution in [-0.4, -0.2) is 51.5 Å². The van der Waals surface area contributed by atoms with E-state index in [1.165, 1.54) is 16.4 Å². The van der Waals surface area contributed by atoms with Crippen LogP contribution in [0.4, 0.5) is 5.69 Å². The lowest BCUT2D eigenvalue weighted by Gasteiger charge is -2.26. The predicted octanol–water partition coefficient (Wildman–Crippen LogP) is 3.27. The van der Waals surface area contributed by atoms with Gasteiger partial charge in [0.25, 0.3) is 0 Å². The molecule has 156 valence electrons. The Morgan fingerprint density at radius 3 is 2.66 bits per heavy atom. The van der Waals surface area contributed by atoms with Gasteiger partial charge in [0.15, 0.2) is 0 Å². The van der Waals surface area contributed by atoms with Crippen LogP contribution in [0.2, 0.25) is 0 Å². The molecule has 0 saturated carbocycles. The van der Waals surface area contributed by atoms with Gasteiger partial charge in [0.1, 0.15) is 5.75 Å². The Kier molecular flexibility index (Phi) is 7.65. The van der Waals surface area contributed by atoms with Crippen molar-refractivity contribution in [1.29, 1.82) is 0 Å². The number of nitrogens with one attached hydrogen (secondary N) is 1. The van der Waals surface area contributed by atoms with E-state index in [1.54, 1.807) is 12.1 Å². The third-order valence-electron chi connectivity index (χ3n) is 4.34. The van der Waals surface area contributed by atoms with Crippen LogP contribution in [0.15, 0.2) is 57.9 Å². The second-order valence-electron chi connectivity index (χ2n) is 6.50. The molecule has 29 heavy (non-hydrogen) atoms. The molecular weight excluding hydrogens is 460 g/mol. The minimum atomic E-state index is -3.60. The van der Waals surface area contributed by atoms with Crippen molar-refractivity contribution in [1.82, 2.24) is 4.31 Å². The van der Waals surface area contributed by atoms with Gasteiger partial charge >= 0.3 is 0 Å². The maximum atomic E-state index is 12.7. The lowest BCUT2D eigenvalue weighted by Crippen LogP contribution is -2.40. The molecule has 0 atom stereocenters. The number of hydrogen-bond donors (Lipinski definition) is 1. The van der Waals surface area contributed by atoms with Crippen LogP contribution in [0.3, 0.4) is 0 Å². The molecule has 1 N–H and O–H groups in total. The minimum absolute atomic E-state index is 0.162. The molecule has 3 rings (SSSR count). The fraction of sp³-hybridized carbons (Fsp3) is 0.350. The highest BCUT2D eigenvalue weighted by Gasteiger charge is 2.26. The van der Waals surface area contributed by atoms with Gasteiger partial charge in [-0.2, -0.15) is 4.31 Å². The van der Waals surface area contributed by atoms with Gasteiger partial charge in [-0.15, -0.1) is 0 Å². The number of rotatable bonds is 8. The first kappa shape index (κ1) is 21.8. The number of ether oxygens (including phenoxy) is 2. The Hall–Kier alpha value is -1.94. The van der Waals surface area contributed by atoms with Crippen molar-refractivity contribution >= 4 is 37.5 Å². The van der Waals surface area contributed by atoms with Gasteiger partial charge in [0, 0.05) is 29.7 Å². The highest BCUT2D eigenvalue weighted by Crippen LogP contribution is 2.21. The number of carbonyl (C=O) groups is 1. The van der Waals surface area contributed by atoms with Crippen LogP contribution in [-0.2, 0) is 19.6 Å². The quantitative estimate of drug-likeness (QED) is 0.583. The SMILES string of the molecule is O=C(CCCOc1cccc(Br)c1)Nc1cccc(S(=O)(=O)N2CCOCC2)c1. The van der Waals surface area contributed by atoms with Crippen LogP contribution < -0.4 is 10.1 Å². The average Bonchev–Trinajstić information content (AvgIpc) is 2.72. The Bertz CT molecular complexity index is 945. The Morgan fingerprint density at radius 2 is 1.90 bits per heavy atom. The number of nitrogens with zero attached hydrogens (tertiary/aromatic N) is 1. The highest BCUT2D eigenvalue weighted by atomic mass is 79.9. The van der Waals surface area contributed by atoms with Gasteiger partial charge in [-0.05, 0) is 42.8 Å². The fourth-order valence-electron chi connectivity index (χ4n) is 2.87. The topological polar surface area (TPSA) is 84.9 Å². The summed E-state index contributed by atoms with van der Waals surface area (Å²) in [5, 5.41) is 2.76. The maximum Gasteiger partial charge on any atom is 0.243 e. The molecule has 1 heterocycles. The summed E-state index contributed by atoms with van der Waals surface area (Å²) in [4.78, 5) is 12.4. The summed E-state index contributed by atoms with van der Waals surface area (Å²) in [5.41, 5.74) is 0.456. The monoisotopic (exact) mass is 482 g/mol. The zero-order valence-corrected chi connectivity index (χ0v) is 18.2. The first-order valence-corrected chi connectivity index (χ1v) is 11.5. The smallest absolute Gasteiger partial charge is 0.243 e. The second kappa shape index (κ2) is 10.2. The molecule has 0 aliphatic carbocycles. The number of sulfonamides is 1. The Labute approximate surface area is 179 Å². The molecule has 0 aromatic heterocycles. The van der Waals surface area contributed by atoms with Crippen molar-refractivity contribution in [3.8, 4) is 5.75 Å². The third-order valence-corrected chi connectivity index (χ3v) is 6.73. The van der Waals surface area contributed by atoms with Gasteiger partial charge in [-0.25, -0.2) is 8.42 Å². The molecule has 1 aliphatic heterocycles. The van der Waals surface area contributed by atoms with E-state index in [4.69, 9.17) is 9.47 Å². The van der Waals surface area contributed by atoms with Crippen LogP contribution in [0.25, 0.3) is 0 Å². The van der Waals surface area contributed by atoms with Crippen molar-refractivity contribution in [3.05, 3.63) is 53.0 Å². The average molecular weight is 483 g/mol. The van der Waals surface area contributed by atoms with E-state index in [-0.39, 0.29) is 17.2 Å². The van der Waals surface area contributed by atoms with Crippen LogP contribution in [0.1, 0.15) is 12.8 Å². The Balaban J connectivity index is 1.51. The first-order valence-electron chi connectivity index (χ1n) is 9.31. The molecule has 2 aromatic carbocycles. The van der Waals surface area contributed by atoms with Crippen LogP contribution >= 0.6 is 15.9 Å². The van der Waals surface area contributed by atoms with Gasteiger partial charge in [0.05, 0.1) is 24.7 Å². The van der Waals surface area contributed by atoms with E-state index in [0.29, 0.717) is 45.0 Å². The molecule has 1 amide bonds. The van der Waals surface area contributed by atoms with E-state index < -0.39 is 10.0 Å². The molecule has 2 aromatic rings. The lowest BCUT2D eigenvalue weighted by atomic mass is 10.2. The summed E-state index contributed by atoms with van der Waals surface area (Å²) < 4.78 is 38.6. The molecule has 9 heteroatoms. The highest BCUT2D eigenvalue weighted by molar-refractivity contribution is 9.10. The van der Waals surface area contributed by atoms with E-state index in [9.17, 15) is 13.2 Å². The van der Waals surface area contributed by atoms with Crippen molar-refractivity contribution in [2.75, 3.05) is 38.2 Å². The van der Waals surface area contributed by atoms with Crippen molar-refractivity contribution < 1.29 is 22.7 Å². The van der Waals surface area contributed by atoms with Gasteiger partial charge in [-0.1, -0.05) is 28.1 Å². The van der Waals surface area contributed by atoms with Crippen molar-refractivity contribution in [2.24, 2.45) is 0 Å².